The minimum Gasteiger partial charge on any atom is -0.497 e. The summed E-state index contributed by atoms with van der Waals surface area (Å²) in [7, 11) is -0.0297. The molecule has 0 aliphatic rings. The molecule has 0 aliphatic heterocycles. The second kappa shape index (κ2) is 15.6. The van der Waals surface area contributed by atoms with Gasteiger partial charge in [-0.05, 0) is 94.6 Å². The van der Waals surface area contributed by atoms with Gasteiger partial charge in [-0.15, -0.1) is 6.42 Å². The van der Waals surface area contributed by atoms with Gasteiger partial charge in [-0.3, -0.25) is 0 Å². The van der Waals surface area contributed by atoms with Gasteiger partial charge in [0.25, 0.3) is 0 Å². The number of hydrogen-bond donors (Lipinski definition) is 0. The molecule has 0 unspecified atom stereocenters. The van der Waals surface area contributed by atoms with Crippen molar-refractivity contribution in [3.05, 3.63) is 53.1 Å². The summed E-state index contributed by atoms with van der Waals surface area (Å²) in [5.41, 5.74) is 3.84. The third kappa shape index (κ3) is 12.1. The Bertz CT molecular complexity index is 899. The zero-order valence-corrected chi connectivity index (χ0v) is 26.5. The summed E-state index contributed by atoms with van der Waals surface area (Å²) in [6.07, 6.45) is 15.8. The molecule has 0 aromatic heterocycles. The van der Waals surface area contributed by atoms with Crippen molar-refractivity contribution in [2.24, 2.45) is 11.3 Å². The number of terminal acetylenes is 1. The fraction of sp³-hybridized carbons (Fsp3) is 0.636. The van der Waals surface area contributed by atoms with E-state index in [4.69, 9.17) is 20.3 Å². The van der Waals surface area contributed by atoms with Crippen molar-refractivity contribution >= 4 is 8.32 Å². The minimum absolute atomic E-state index is 0.108. The van der Waals surface area contributed by atoms with Gasteiger partial charge in [-0.1, -0.05) is 69.0 Å². The van der Waals surface area contributed by atoms with Gasteiger partial charge in [0.05, 0.1) is 20.3 Å². The van der Waals surface area contributed by atoms with Crippen LogP contribution in [0.4, 0.5) is 0 Å². The molecule has 0 fully saturated rings. The highest BCUT2D eigenvalue weighted by Crippen LogP contribution is 2.38. The van der Waals surface area contributed by atoms with Crippen LogP contribution in [0.5, 0.6) is 5.75 Å². The molecule has 2 atom stereocenters. The fourth-order valence-electron chi connectivity index (χ4n) is 3.79. The summed E-state index contributed by atoms with van der Waals surface area (Å²) >= 11 is 0. The van der Waals surface area contributed by atoms with Gasteiger partial charge in [0.1, 0.15) is 5.75 Å². The zero-order chi connectivity index (χ0) is 28.1. The van der Waals surface area contributed by atoms with E-state index in [1.54, 1.807) is 7.11 Å². The van der Waals surface area contributed by atoms with Crippen molar-refractivity contribution in [2.45, 2.75) is 105 Å². The van der Waals surface area contributed by atoms with Gasteiger partial charge in [0, 0.05) is 12.0 Å². The number of ether oxygens (including phenoxy) is 2. The third-order valence-electron chi connectivity index (χ3n) is 8.28. The Labute approximate surface area is 230 Å². The first-order chi connectivity index (χ1) is 17.2. The highest BCUT2D eigenvalue weighted by atomic mass is 28.4. The predicted molar refractivity (Wildman–Crippen MR) is 163 cm³/mol. The maximum absolute atomic E-state index is 6.41. The first-order valence-electron chi connectivity index (χ1n) is 13.9. The molecule has 0 saturated heterocycles. The lowest BCUT2D eigenvalue weighted by Gasteiger charge is -2.37. The maximum atomic E-state index is 6.41. The molecule has 37 heavy (non-hydrogen) atoms. The SMILES string of the molecule is C#C[C@@](C)(CC/C(C)=C/CC/C(C)=C\COCc1ccc(OC)cc1)[C@H](C)CCO[Si](C)(C)C(C)(C)C. The van der Waals surface area contributed by atoms with E-state index < -0.39 is 8.32 Å². The number of allylic oxidation sites excluding steroid dienone is 3. The van der Waals surface area contributed by atoms with Crippen LogP contribution in [0.2, 0.25) is 18.1 Å². The second-order valence-electron chi connectivity index (χ2n) is 12.4. The quantitative estimate of drug-likeness (QED) is 0.0929. The van der Waals surface area contributed by atoms with Gasteiger partial charge in [0.2, 0.25) is 0 Å². The van der Waals surface area contributed by atoms with E-state index in [1.807, 2.05) is 24.3 Å². The molecule has 4 heteroatoms. The molecule has 0 radical (unpaired) electrons. The van der Waals surface area contributed by atoms with E-state index in [1.165, 1.54) is 11.1 Å². The first-order valence-corrected chi connectivity index (χ1v) is 16.8. The molecule has 1 rings (SSSR count). The lowest BCUT2D eigenvalue weighted by molar-refractivity contribution is 0.148. The predicted octanol–water partition coefficient (Wildman–Crippen LogP) is 9.35. The molecular formula is C33H54O3Si. The van der Waals surface area contributed by atoms with Crippen LogP contribution in [0.1, 0.15) is 86.1 Å². The highest BCUT2D eigenvalue weighted by molar-refractivity contribution is 6.74. The lowest BCUT2D eigenvalue weighted by Crippen LogP contribution is -2.41. The Morgan fingerprint density at radius 2 is 1.65 bits per heavy atom. The summed E-state index contributed by atoms with van der Waals surface area (Å²) in [6, 6.07) is 8.01. The van der Waals surface area contributed by atoms with Crippen LogP contribution in [0, 0.1) is 23.7 Å². The van der Waals surface area contributed by atoms with Crippen LogP contribution in [-0.4, -0.2) is 28.6 Å². The molecule has 1 aromatic carbocycles. The smallest absolute Gasteiger partial charge is 0.191 e. The molecule has 0 bridgehead atoms. The van der Waals surface area contributed by atoms with Crippen molar-refractivity contribution in [3.8, 4) is 18.1 Å². The van der Waals surface area contributed by atoms with E-state index >= 15 is 0 Å². The Balaban J connectivity index is 2.40. The molecule has 0 saturated carbocycles. The molecule has 0 amide bonds. The number of hydrogen-bond acceptors (Lipinski definition) is 3. The Morgan fingerprint density at radius 3 is 2.22 bits per heavy atom. The maximum Gasteiger partial charge on any atom is 0.191 e. The van der Waals surface area contributed by atoms with Gasteiger partial charge in [0.15, 0.2) is 8.32 Å². The van der Waals surface area contributed by atoms with E-state index in [2.05, 4.69) is 79.6 Å². The van der Waals surface area contributed by atoms with E-state index in [0.29, 0.717) is 19.1 Å². The average molecular weight is 527 g/mol. The molecule has 0 heterocycles. The summed E-state index contributed by atoms with van der Waals surface area (Å²) in [5, 5.41) is 0.241. The molecule has 0 N–H and O–H groups in total. The molecular weight excluding hydrogens is 472 g/mol. The van der Waals surface area contributed by atoms with E-state index in [9.17, 15) is 0 Å². The number of benzene rings is 1. The third-order valence-corrected chi connectivity index (χ3v) is 12.8. The van der Waals surface area contributed by atoms with Crippen LogP contribution >= 0.6 is 0 Å². The second-order valence-corrected chi connectivity index (χ2v) is 17.2. The minimum atomic E-state index is -1.71. The van der Waals surface area contributed by atoms with Crippen molar-refractivity contribution in [1.29, 1.82) is 0 Å². The molecule has 0 spiro atoms. The Hall–Kier alpha value is -1.80. The van der Waals surface area contributed by atoms with Crippen molar-refractivity contribution in [2.75, 3.05) is 20.3 Å². The average Bonchev–Trinajstić information content (AvgIpc) is 2.84. The van der Waals surface area contributed by atoms with Gasteiger partial charge < -0.3 is 13.9 Å². The monoisotopic (exact) mass is 526 g/mol. The molecule has 1 aromatic rings. The number of rotatable bonds is 16. The summed E-state index contributed by atoms with van der Waals surface area (Å²) < 4.78 is 17.4. The lowest BCUT2D eigenvalue weighted by atomic mass is 9.73. The van der Waals surface area contributed by atoms with Gasteiger partial charge >= 0.3 is 0 Å². The molecule has 208 valence electrons. The summed E-state index contributed by atoms with van der Waals surface area (Å²) in [6.45, 7) is 22.5. The zero-order valence-electron chi connectivity index (χ0n) is 25.5. The van der Waals surface area contributed by atoms with Gasteiger partial charge in [-0.2, -0.15) is 0 Å². The molecule has 0 aliphatic carbocycles. The Kier molecular flexibility index (Phi) is 14.0. The van der Waals surface area contributed by atoms with Gasteiger partial charge in [-0.25, -0.2) is 0 Å². The topological polar surface area (TPSA) is 27.7 Å². The first kappa shape index (κ1) is 33.2. The fourth-order valence-corrected chi connectivity index (χ4v) is 4.85. The van der Waals surface area contributed by atoms with E-state index in [0.717, 1.165) is 50.0 Å². The van der Waals surface area contributed by atoms with Crippen molar-refractivity contribution in [1.82, 2.24) is 0 Å². The normalized spacial score (nSPS) is 15.7. The van der Waals surface area contributed by atoms with Crippen molar-refractivity contribution in [3.63, 3.8) is 0 Å². The molecule has 3 nitrogen and oxygen atoms in total. The highest BCUT2D eigenvalue weighted by Gasteiger charge is 2.37. The van der Waals surface area contributed by atoms with Crippen LogP contribution in [-0.2, 0) is 15.8 Å². The Morgan fingerprint density at radius 1 is 1.03 bits per heavy atom. The largest absolute Gasteiger partial charge is 0.497 e. The number of methoxy groups -OCH3 is 1. The van der Waals surface area contributed by atoms with Crippen LogP contribution in [0.25, 0.3) is 0 Å². The van der Waals surface area contributed by atoms with E-state index in [-0.39, 0.29) is 10.5 Å². The van der Waals surface area contributed by atoms with Crippen molar-refractivity contribution < 1.29 is 13.9 Å². The summed E-state index contributed by atoms with van der Waals surface area (Å²) in [5.74, 6) is 4.43. The van der Waals surface area contributed by atoms with Crippen LogP contribution < -0.4 is 4.74 Å². The van der Waals surface area contributed by atoms with Crippen LogP contribution in [0.15, 0.2) is 47.6 Å². The van der Waals surface area contributed by atoms with Crippen LogP contribution in [0.3, 0.4) is 0 Å². The summed E-state index contributed by atoms with van der Waals surface area (Å²) in [4.78, 5) is 0. The standard InChI is InChI=1S/C33H54O3Si/c1-12-33(8,29(4)22-25-36-37(10,11)32(5,6)7)23-20-27(2)14-13-15-28(3)21-24-35-26-30-16-18-31(34-9)19-17-30/h1,14,16-19,21,29H,13,15,20,22-26H2,2-11H3/b27-14+,28-21-/t29-,33+/m1/s1.